The zero-order valence-corrected chi connectivity index (χ0v) is 16.4. The number of benzene rings is 1. The number of fused-ring (bicyclic) bond motifs is 1. The lowest BCUT2D eigenvalue weighted by Gasteiger charge is -2.32. The van der Waals surface area contributed by atoms with Crippen molar-refractivity contribution in [3.05, 3.63) is 70.3 Å². The van der Waals surface area contributed by atoms with E-state index in [2.05, 4.69) is 34.5 Å². The van der Waals surface area contributed by atoms with Crippen LogP contribution in [-0.4, -0.2) is 39.1 Å². The zero-order chi connectivity index (χ0) is 19.7. The molecule has 1 aliphatic heterocycles. The Balaban J connectivity index is 1.40. The number of likely N-dealkylation sites (tertiary alicyclic amines) is 1. The Bertz CT molecular complexity index is 1040. The van der Waals surface area contributed by atoms with Gasteiger partial charge >= 0.3 is 0 Å². The molecule has 1 aliphatic rings. The number of nitrogens with one attached hydrogen (secondary N) is 1. The molecule has 0 bridgehead atoms. The molecule has 3 heterocycles. The van der Waals surface area contributed by atoms with Gasteiger partial charge in [0.2, 0.25) is 0 Å². The molecule has 0 unspecified atom stereocenters. The molecule has 4 rings (SSSR count). The molecule has 0 saturated carbocycles. The summed E-state index contributed by atoms with van der Waals surface area (Å²) in [6, 6.07) is 14.2. The van der Waals surface area contributed by atoms with Crippen molar-refractivity contribution in [3.63, 3.8) is 0 Å². The van der Waals surface area contributed by atoms with E-state index in [1.165, 1.54) is 10.1 Å². The maximum Gasteiger partial charge on any atom is 0.268 e. The van der Waals surface area contributed by atoms with Crippen LogP contribution in [0.4, 0.5) is 0 Å². The van der Waals surface area contributed by atoms with Crippen molar-refractivity contribution in [3.8, 4) is 0 Å². The van der Waals surface area contributed by atoms with Crippen LogP contribution in [0.25, 0.3) is 10.9 Å². The van der Waals surface area contributed by atoms with Crippen LogP contribution in [0.2, 0.25) is 0 Å². The molecule has 146 valence electrons. The average Bonchev–Trinajstić information content (AvgIpc) is 3.04. The van der Waals surface area contributed by atoms with E-state index in [1.54, 1.807) is 23.9 Å². The second kappa shape index (κ2) is 7.64. The first kappa shape index (κ1) is 18.5. The smallest absolute Gasteiger partial charge is 0.268 e. The van der Waals surface area contributed by atoms with Gasteiger partial charge in [-0.1, -0.05) is 30.3 Å². The third-order valence-electron chi connectivity index (χ3n) is 5.69. The van der Waals surface area contributed by atoms with Crippen LogP contribution in [0.3, 0.4) is 0 Å². The van der Waals surface area contributed by atoms with Crippen LogP contribution in [-0.2, 0) is 20.6 Å². The van der Waals surface area contributed by atoms with Gasteiger partial charge in [0.05, 0.1) is 10.9 Å². The summed E-state index contributed by atoms with van der Waals surface area (Å²) in [7, 11) is 3.55. The molecule has 28 heavy (non-hydrogen) atoms. The zero-order valence-electron chi connectivity index (χ0n) is 16.4. The van der Waals surface area contributed by atoms with Crippen LogP contribution < -0.4 is 10.9 Å². The molecule has 1 amide bonds. The molecule has 1 fully saturated rings. The maximum atomic E-state index is 12.8. The second-order valence-corrected chi connectivity index (χ2v) is 7.63. The van der Waals surface area contributed by atoms with Crippen molar-refractivity contribution in [2.24, 2.45) is 14.1 Å². The second-order valence-electron chi connectivity index (χ2n) is 7.63. The number of carbonyl (C=O) groups is 1. The fraction of sp³-hybridized carbons (Fsp3) is 0.364. The molecule has 1 aromatic carbocycles. The fourth-order valence-corrected chi connectivity index (χ4v) is 3.99. The highest BCUT2D eigenvalue weighted by atomic mass is 16.2. The van der Waals surface area contributed by atoms with Gasteiger partial charge in [0, 0.05) is 46.0 Å². The summed E-state index contributed by atoms with van der Waals surface area (Å²) < 4.78 is 3.34. The third-order valence-corrected chi connectivity index (χ3v) is 5.69. The van der Waals surface area contributed by atoms with E-state index in [4.69, 9.17) is 0 Å². The van der Waals surface area contributed by atoms with E-state index in [-0.39, 0.29) is 17.5 Å². The topological polar surface area (TPSA) is 59.3 Å². The first-order chi connectivity index (χ1) is 13.5. The molecule has 0 radical (unpaired) electrons. The number of piperidine rings is 1. The van der Waals surface area contributed by atoms with Gasteiger partial charge in [-0.25, -0.2) is 0 Å². The van der Waals surface area contributed by atoms with Crippen molar-refractivity contribution in [2.75, 3.05) is 13.1 Å². The van der Waals surface area contributed by atoms with Crippen molar-refractivity contribution in [2.45, 2.75) is 25.4 Å². The van der Waals surface area contributed by atoms with Gasteiger partial charge in [-0.15, -0.1) is 0 Å². The lowest BCUT2D eigenvalue weighted by molar-refractivity contribution is 0.0901. The lowest BCUT2D eigenvalue weighted by atomic mass is 10.0. The minimum atomic E-state index is -0.109. The van der Waals surface area contributed by atoms with Crippen molar-refractivity contribution >= 4 is 16.8 Å². The Hall–Kier alpha value is -2.86. The van der Waals surface area contributed by atoms with Crippen LogP contribution in [0, 0.1) is 0 Å². The molecular formula is C22H26N4O2. The van der Waals surface area contributed by atoms with Crippen LogP contribution in [0.15, 0.2) is 53.5 Å². The number of carbonyl (C=O) groups excluding carboxylic acids is 1. The molecule has 6 nitrogen and oxygen atoms in total. The molecule has 0 atom stereocenters. The Morgan fingerprint density at radius 1 is 1.11 bits per heavy atom. The van der Waals surface area contributed by atoms with Gasteiger partial charge in [0.1, 0.15) is 5.69 Å². The average molecular weight is 378 g/mol. The van der Waals surface area contributed by atoms with Crippen LogP contribution >= 0.6 is 0 Å². The molecular weight excluding hydrogens is 352 g/mol. The first-order valence-electron chi connectivity index (χ1n) is 9.75. The monoisotopic (exact) mass is 378 g/mol. The van der Waals surface area contributed by atoms with Crippen molar-refractivity contribution in [1.82, 2.24) is 19.4 Å². The minimum Gasteiger partial charge on any atom is -0.348 e. The molecule has 1 saturated heterocycles. The summed E-state index contributed by atoms with van der Waals surface area (Å²) in [6.45, 7) is 2.89. The number of hydrogen-bond donors (Lipinski definition) is 1. The Labute approximate surface area is 164 Å². The SMILES string of the molecule is Cn1ccc2c(cc(C(=O)NC3CCN(Cc4ccccc4)CC3)n2C)c1=O. The molecule has 2 aromatic heterocycles. The van der Waals surface area contributed by atoms with E-state index >= 15 is 0 Å². The van der Waals surface area contributed by atoms with E-state index in [0.29, 0.717) is 11.1 Å². The molecule has 0 spiro atoms. The summed E-state index contributed by atoms with van der Waals surface area (Å²) in [5.41, 5.74) is 2.55. The Morgan fingerprint density at radius 3 is 2.54 bits per heavy atom. The number of amides is 1. The van der Waals surface area contributed by atoms with Gasteiger partial charge < -0.3 is 14.5 Å². The lowest BCUT2D eigenvalue weighted by Crippen LogP contribution is -2.44. The number of hydrogen-bond acceptors (Lipinski definition) is 3. The highest BCUT2D eigenvalue weighted by molar-refractivity contribution is 5.98. The van der Waals surface area contributed by atoms with Crippen molar-refractivity contribution in [1.29, 1.82) is 0 Å². The summed E-state index contributed by atoms with van der Waals surface area (Å²) in [5.74, 6) is -0.109. The first-order valence-corrected chi connectivity index (χ1v) is 9.75. The largest absolute Gasteiger partial charge is 0.348 e. The van der Waals surface area contributed by atoms with Gasteiger partial charge in [-0.2, -0.15) is 0 Å². The molecule has 1 N–H and O–H groups in total. The Kier molecular flexibility index (Phi) is 5.05. The fourth-order valence-electron chi connectivity index (χ4n) is 3.99. The van der Waals surface area contributed by atoms with Crippen LogP contribution in [0.1, 0.15) is 28.9 Å². The standard InChI is InChI=1S/C22H26N4O2/c1-24-11-10-19-18(22(24)28)14-20(25(19)2)21(27)23-17-8-12-26(13-9-17)15-16-6-4-3-5-7-16/h3-7,10-11,14,17H,8-9,12-13,15H2,1-2H3,(H,23,27). The van der Waals surface area contributed by atoms with Crippen molar-refractivity contribution < 1.29 is 4.79 Å². The van der Waals surface area contributed by atoms with E-state index in [0.717, 1.165) is 38.0 Å². The summed E-state index contributed by atoms with van der Waals surface area (Å²) in [6.07, 6.45) is 3.60. The van der Waals surface area contributed by atoms with Gasteiger partial charge in [-0.05, 0) is 30.5 Å². The molecule has 3 aromatic rings. The summed E-state index contributed by atoms with van der Waals surface area (Å²) in [4.78, 5) is 27.6. The summed E-state index contributed by atoms with van der Waals surface area (Å²) in [5, 5.41) is 3.74. The predicted molar refractivity (Wildman–Crippen MR) is 110 cm³/mol. The van der Waals surface area contributed by atoms with E-state index < -0.39 is 0 Å². The highest BCUT2D eigenvalue weighted by Crippen LogP contribution is 2.17. The number of aromatic nitrogens is 2. The van der Waals surface area contributed by atoms with E-state index in [9.17, 15) is 9.59 Å². The quantitative estimate of drug-likeness (QED) is 0.758. The molecule has 0 aliphatic carbocycles. The predicted octanol–water partition coefficient (Wildman–Crippen LogP) is 2.27. The molecule has 6 heteroatoms. The number of rotatable bonds is 4. The third kappa shape index (κ3) is 3.60. The van der Waals surface area contributed by atoms with Crippen LogP contribution in [0.5, 0.6) is 0 Å². The Morgan fingerprint density at radius 2 is 1.82 bits per heavy atom. The minimum absolute atomic E-state index is 0.0821. The maximum absolute atomic E-state index is 12.8. The highest BCUT2D eigenvalue weighted by Gasteiger charge is 2.23. The number of aryl methyl sites for hydroxylation is 2. The summed E-state index contributed by atoms with van der Waals surface area (Å²) >= 11 is 0. The number of nitrogens with zero attached hydrogens (tertiary/aromatic N) is 3. The van der Waals surface area contributed by atoms with Gasteiger partial charge in [0.25, 0.3) is 11.5 Å². The van der Waals surface area contributed by atoms with Gasteiger partial charge in [-0.3, -0.25) is 14.5 Å². The van der Waals surface area contributed by atoms with E-state index in [1.807, 2.05) is 19.2 Å². The normalized spacial score (nSPS) is 15.8. The number of pyridine rings is 1. The van der Waals surface area contributed by atoms with Gasteiger partial charge in [0.15, 0.2) is 0 Å².